The lowest BCUT2D eigenvalue weighted by atomic mass is 10.1. The van der Waals surface area contributed by atoms with Crippen LogP contribution in [-0.4, -0.2) is 33.3 Å². The van der Waals surface area contributed by atoms with Gasteiger partial charge in [-0.05, 0) is 67.3 Å². The van der Waals surface area contributed by atoms with Gasteiger partial charge in [0, 0.05) is 10.6 Å². The molecule has 1 atom stereocenters. The summed E-state index contributed by atoms with van der Waals surface area (Å²) in [5.41, 5.74) is 5.03. The summed E-state index contributed by atoms with van der Waals surface area (Å²) in [6.45, 7) is 6.09. The first-order chi connectivity index (χ1) is 17.4. The summed E-state index contributed by atoms with van der Waals surface area (Å²) >= 11 is 1.31. The molecule has 0 fully saturated rings. The van der Waals surface area contributed by atoms with Gasteiger partial charge < -0.3 is 9.47 Å². The molecule has 8 nitrogen and oxygen atoms in total. The van der Waals surface area contributed by atoms with Gasteiger partial charge in [-0.3, -0.25) is 14.7 Å². The Balaban J connectivity index is 1.62. The standard InChI is InChI=1S/C27H28N4O4S/c1-18-10-12-23(14-19(18)2)31-20(3)28-29-27(31)36-26(16-30(32)33)22-11-13-24(25(15-22)34-4)35-17-21-8-6-5-7-9-21/h5-15,26H,16-17H2,1-4H3/t26-/m1/s1. The lowest BCUT2D eigenvalue weighted by Crippen LogP contribution is -2.11. The summed E-state index contributed by atoms with van der Waals surface area (Å²) in [5, 5.41) is 20.3. The molecule has 0 unspecified atom stereocenters. The molecule has 0 N–H and O–H groups in total. The molecule has 0 aliphatic rings. The number of aromatic nitrogens is 3. The number of benzene rings is 3. The Morgan fingerprint density at radius 2 is 1.75 bits per heavy atom. The minimum Gasteiger partial charge on any atom is -0.493 e. The van der Waals surface area contributed by atoms with Crippen LogP contribution in [0.25, 0.3) is 5.69 Å². The molecule has 1 heterocycles. The first-order valence-corrected chi connectivity index (χ1v) is 12.4. The predicted octanol–water partition coefficient (Wildman–Crippen LogP) is 5.89. The van der Waals surface area contributed by atoms with Crippen molar-refractivity contribution >= 4 is 11.8 Å². The van der Waals surface area contributed by atoms with Crippen molar-refractivity contribution in [3.8, 4) is 17.2 Å². The van der Waals surface area contributed by atoms with Crippen LogP contribution in [0.15, 0.2) is 71.9 Å². The van der Waals surface area contributed by atoms with Crippen molar-refractivity contribution in [1.82, 2.24) is 14.8 Å². The zero-order chi connectivity index (χ0) is 25.7. The number of methoxy groups -OCH3 is 1. The highest BCUT2D eigenvalue weighted by molar-refractivity contribution is 7.99. The second-order valence-corrected chi connectivity index (χ2v) is 9.61. The highest BCUT2D eigenvalue weighted by atomic mass is 32.2. The fourth-order valence-corrected chi connectivity index (χ4v) is 4.96. The van der Waals surface area contributed by atoms with Crippen molar-refractivity contribution in [3.05, 3.63) is 105 Å². The zero-order valence-corrected chi connectivity index (χ0v) is 21.5. The van der Waals surface area contributed by atoms with Gasteiger partial charge in [0.05, 0.1) is 7.11 Å². The molecule has 0 amide bonds. The first-order valence-electron chi connectivity index (χ1n) is 11.5. The molecule has 1 aromatic heterocycles. The van der Waals surface area contributed by atoms with Gasteiger partial charge >= 0.3 is 0 Å². The van der Waals surface area contributed by atoms with E-state index in [1.54, 1.807) is 19.2 Å². The van der Waals surface area contributed by atoms with E-state index in [1.807, 2.05) is 60.0 Å². The van der Waals surface area contributed by atoms with E-state index in [0.717, 1.165) is 22.4 Å². The maximum absolute atomic E-state index is 11.6. The van der Waals surface area contributed by atoms with Crippen molar-refractivity contribution in [2.45, 2.75) is 37.8 Å². The van der Waals surface area contributed by atoms with E-state index >= 15 is 0 Å². The average Bonchev–Trinajstić information content (AvgIpc) is 3.24. The Kier molecular flexibility index (Phi) is 7.90. The topological polar surface area (TPSA) is 92.3 Å². The summed E-state index contributed by atoms with van der Waals surface area (Å²) in [5.74, 6) is 1.80. The van der Waals surface area contributed by atoms with Crippen LogP contribution in [0.5, 0.6) is 11.5 Å². The van der Waals surface area contributed by atoms with Crippen LogP contribution in [0.4, 0.5) is 0 Å². The van der Waals surface area contributed by atoms with E-state index in [1.165, 1.54) is 17.3 Å². The number of thioether (sulfide) groups is 1. The molecule has 36 heavy (non-hydrogen) atoms. The Bertz CT molecular complexity index is 1360. The molecule has 3 aromatic carbocycles. The smallest absolute Gasteiger partial charge is 0.220 e. The lowest BCUT2D eigenvalue weighted by Gasteiger charge is -2.17. The first kappa shape index (κ1) is 25.2. The molecule has 0 radical (unpaired) electrons. The van der Waals surface area contributed by atoms with Crippen LogP contribution in [0.1, 0.15) is 33.3 Å². The third-order valence-corrected chi connectivity index (χ3v) is 7.08. The molecule has 0 spiro atoms. The van der Waals surface area contributed by atoms with Crippen molar-refractivity contribution in [2.75, 3.05) is 13.7 Å². The van der Waals surface area contributed by atoms with E-state index in [0.29, 0.717) is 29.1 Å². The highest BCUT2D eigenvalue weighted by Crippen LogP contribution is 2.39. The third kappa shape index (κ3) is 5.85. The van der Waals surface area contributed by atoms with E-state index in [2.05, 4.69) is 30.1 Å². The van der Waals surface area contributed by atoms with Crippen LogP contribution in [-0.2, 0) is 6.61 Å². The van der Waals surface area contributed by atoms with Crippen LogP contribution < -0.4 is 9.47 Å². The second kappa shape index (κ2) is 11.3. The number of nitro groups is 1. The van der Waals surface area contributed by atoms with Gasteiger partial charge in [0.2, 0.25) is 6.54 Å². The minimum atomic E-state index is -0.508. The van der Waals surface area contributed by atoms with Gasteiger partial charge in [-0.25, -0.2) is 0 Å². The molecule has 0 saturated heterocycles. The average molecular weight is 505 g/mol. The van der Waals surface area contributed by atoms with Crippen LogP contribution >= 0.6 is 11.8 Å². The van der Waals surface area contributed by atoms with E-state index in [9.17, 15) is 10.1 Å². The summed E-state index contributed by atoms with van der Waals surface area (Å²) in [6, 6.07) is 21.4. The molecule has 0 aliphatic heterocycles. The summed E-state index contributed by atoms with van der Waals surface area (Å²) in [4.78, 5) is 11.3. The molecule has 0 aliphatic carbocycles. The van der Waals surface area contributed by atoms with Crippen LogP contribution in [0.3, 0.4) is 0 Å². The summed E-state index contributed by atoms with van der Waals surface area (Å²) in [7, 11) is 1.56. The maximum Gasteiger partial charge on any atom is 0.220 e. The van der Waals surface area contributed by atoms with Crippen molar-refractivity contribution < 1.29 is 14.4 Å². The largest absolute Gasteiger partial charge is 0.493 e. The lowest BCUT2D eigenvalue weighted by molar-refractivity contribution is -0.479. The second-order valence-electron chi connectivity index (χ2n) is 8.44. The summed E-state index contributed by atoms with van der Waals surface area (Å²) < 4.78 is 13.5. The SMILES string of the molecule is COc1cc([C@@H](C[N+](=O)[O-])Sc2nnc(C)n2-c2ccc(C)c(C)c2)ccc1OCc1ccccc1. The zero-order valence-electron chi connectivity index (χ0n) is 20.7. The Morgan fingerprint density at radius 3 is 2.44 bits per heavy atom. The van der Waals surface area contributed by atoms with Crippen molar-refractivity contribution in [3.63, 3.8) is 0 Å². The molecule has 0 saturated carbocycles. The molecule has 9 heteroatoms. The molecule has 4 aromatic rings. The Hall–Kier alpha value is -3.85. The Morgan fingerprint density at radius 1 is 0.972 bits per heavy atom. The van der Waals surface area contributed by atoms with Crippen molar-refractivity contribution in [1.29, 1.82) is 0 Å². The van der Waals surface area contributed by atoms with Crippen LogP contribution in [0.2, 0.25) is 0 Å². The molecule has 0 bridgehead atoms. The van der Waals surface area contributed by atoms with Gasteiger partial charge in [-0.15, -0.1) is 10.2 Å². The van der Waals surface area contributed by atoms with E-state index in [4.69, 9.17) is 9.47 Å². The normalized spacial score (nSPS) is 11.8. The number of rotatable bonds is 10. The number of hydrogen-bond acceptors (Lipinski definition) is 7. The molecule has 4 rings (SSSR count). The fraction of sp³-hybridized carbons (Fsp3) is 0.259. The number of hydrogen-bond donors (Lipinski definition) is 0. The van der Waals surface area contributed by atoms with E-state index in [-0.39, 0.29) is 11.5 Å². The van der Waals surface area contributed by atoms with Gasteiger partial charge in [-0.1, -0.05) is 54.2 Å². The van der Waals surface area contributed by atoms with Crippen molar-refractivity contribution in [2.24, 2.45) is 0 Å². The van der Waals surface area contributed by atoms with Gasteiger partial charge in [-0.2, -0.15) is 0 Å². The predicted molar refractivity (Wildman–Crippen MR) is 140 cm³/mol. The maximum atomic E-state index is 11.6. The third-order valence-electron chi connectivity index (χ3n) is 5.90. The van der Waals surface area contributed by atoms with Gasteiger partial charge in [0.1, 0.15) is 17.7 Å². The quantitative estimate of drug-likeness (QED) is 0.151. The Labute approximate surface area is 214 Å². The fourth-order valence-electron chi connectivity index (χ4n) is 3.79. The number of nitrogens with zero attached hydrogens (tertiary/aromatic N) is 4. The van der Waals surface area contributed by atoms with Gasteiger partial charge in [0.15, 0.2) is 16.7 Å². The molecular weight excluding hydrogens is 476 g/mol. The van der Waals surface area contributed by atoms with Crippen LogP contribution in [0, 0.1) is 30.9 Å². The number of ether oxygens (including phenoxy) is 2. The summed E-state index contributed by atoms with van der Waals surface area (Å²) in [6.07, 6.45) is 0. The van der Waals surface area contributed by atoms with Gasteiger partial charge in [0.25, 0.3) is 0 Å². The highest BCUT2D eigenvalue weighted by Gasteiger charge is 2.25. The minimum absolute atomic E-state index is 0.281. The van der Waals surface area contributed by atoms with E-state index < -0.39 is 5.25 Å². The molecule has 186 valence electrons. The molecular formula is C27H28N4O4S. The number of aryl methyl sites for hydroxylation is 3. The monoisotopic (exact) mass is 504 g/mol.